The van der Waals surface area contributed by atoms with Crippen LogP contribution in [0.1, 0.15) is 12.0 Å². The van der Waals surface area contributed by atoms with Crippen LogP contribution in [-0.4, -0.2) is 37.0 Å². The summed E-state index contributed by atoms with van der Waals surface area (Å²) in [5.41, 5.74) is 0.911. The number of amides is 1. The summed E-state index contributed by atoms with van der Waals surface area (Å²) in [6.45, 7) is 0. The average Bonchev–Trinajstić information content (AvgIpc) is 2.76. The van der Waals surface area contributed by atoms with Crippen molar-refractivity contribution in [2.75, 3.05) is 11.5 Å². The Balaban J connectivity index is 1.80. The highest BCUT2D eigenvalue weighted by Gasteiger charge is 2.28. The largest absolute Gasteiger partial charge is 0.359 e. The van der Waals surface area contributed by atoms with Gasteiger partial charge in [0.15, 0.2) is 14.9 Å². The molecular formula is C14H16N2O3S2. The molecule has 1 heterocycles. The van der Waals surface area contributed by atoms with Crippen molar-refractivity contribution in [1.29, 1.82) is 0 Å². The molecule has 7 heteroatoms. The summed E-state index contributed by atoms with van der Waals surface area (Å²) in [6, 6.07) is 9.19. The lowest BCUT2D eigenvalue weighted by atomic mass is 10.2. The number of hydrogen-bond donors (Lipinski definition) is 2. The molecule has 1 fully saturated rings. The Morgan fingerprint density at radius 1 is 1.29 bits per heavy atom. The van der Waals surface area contributed by atoms with E-state index in [0.717, 1.165) is 5.56 Å². The average molecular weight is 324 g/mol. The van der Waals surface area contributed by atoms with E-state index >= 15 is 0 Å². The normalized spacial score (nSPS) is 20.3. The molecule has 1 atom stereocenters. The molecule has 0 spiro atoms. The highest BCUT2D eigenvalue weighted by atomic mass is 32.2. The lowest BCUT2D eigenvalue weighted by Crippen LogP contribution is -2.44. The van der Waals surface area contributed by atoms with Gasteiger partial charge in [-0.05, 0) is 30.3 Å². The first-order valence-electron chi connectivity index (χ1n) is 6.50. The quantitative estimate of drug-likeness (QED) is 0.638. The van der Waals surface area contributed by atoms with Gasteiger partial charge in [0.2, 0.25) is 5.91 Å². The molecule has 0 aliphatic carbocycles. The zero-order valence-corrected chi connectivity index (χ0v) is 12.9. The molecule has 0 saturated carbocycles. The number of sulfone groups is 1. The maximum Gasteiger partial charge on any atom is 0.250 e. The maximum atomic E-state index is 11.7. The van der Waals surface area contributed by atoms with Crippen LogP contribution in [0.2, 0.25) is 0 Å². The van der Waals surface area contributed by atoms with Gasteiger partial charge in [-0.3, -0.25) is 10.1 Å². The van der Waals surface area contributed by atoms with Gasteiger partial charge in [-0.25, -0.2) is 8.42 Å². The predicted octanol–water partition coefficient (Wildman–Crippen LogP) is 0.878. The van der Waals surface area contributed by atoms with E-state index in [1.54, 1.807) is 6.08 Å². The fraction of sp³-hybridized carbons (Fsp3) is 0.286. The molecule has 2 rings (SSSR count). The first kappa shape index (κ1) is 15.7. The van der Waals surface area contributed by atoms with Gasteiger partial charge in [0.1, 0.15) is 0 Å². The van der Waals surface area contributed by atoms with Crippen LogP contribution in [0.4, 0.5) is 0 Å². The molecule has 0 radical (unpaired) electrons. The minimum atomic E-state index is -2.96. The summed E-state index contributed by atoms with van der Waals surface area (Å²) in [6.07, 6.45) is 3.57. The molecule has 1 unspecified atom stereocenters. The molecule has 0 aromatic heterocycles. The minimum absolute atomic E-state index is 0.0584. The topological polar surface area (TPSA) is 75.3 Å². The SMILES string of the molecule is O=C(/C=C/c1ccccc1)NC(=S)NC1CCS(=O)(=O)C1. The van der Waals surface area contributed by atoms with Crippen molar-refractivity contribution in [2.24, 2.45) is 0 Å². The molecular weight excluding hydrogens is 308 g/mol. The second-order valence-corrected chi connectivity index (χ2v) is 7.44. The standard InChI is InChI=1S/C14H16N2O3S2/c17-13(7-6-11-4-2-1-3-5-11)16-14(20)15-12-8-9-21(18,19)10-12/h1-7,12H,8-10H2,(H2,15,16,17,20)/b7-6+. The molecule has 112 valence electrons. The molecule has 5 nitrogen and oxygen atoms in total. The van der Waals surface area contributed by atoms with Gasteiger partial charge in [0, 0.05) is 12.1 Å². The molecule has 2 N–H and O–H groups in total. The Bertz CT molecular complexity index is 654. The second-order valence-electron chi connectivity index (χ2n) is 4.81. The number of benzene rings is 1. The van der Waals surface area contributed by atoms with Crippen LogP contribution in [-0.2, 0) is 14.6 Å². The summed E-state index contributed by atoms with van der Waals surface area (Å²) in [4.78, 5) is 11.7. The van der Waals surface area contributed by atoms with Crippen molar-refractivity contribution < 1.29 is 13.2 Å². The molecule has 1 aliphatic heterocycles. The van der Waals surface area contributed by atoms with Crippen LogP contribution in [0.25, 0.3) is 6.08 Å². The Kier molecular flexibility index (Phi) is 5.08. The molecule has 1 amide bonds. The molecule has 1 aliphatic rings. The fourth-order valence-electron chi connectivity index (χ4n) is 2.02. The van der Waals surface area contributed by atoms with Gasteiger partial charge in [-0.15, -0.1) is 0 Å². The zero-order valence-electron chi connectivity index (χ0n) is 11.3. The molecule has 1 aromatic rings. The van der Waals surface area contributed by atoms with E-state index in [2.05, 4.69) is 10.6 Å². The van der Waals surface area contributed by atoms with Gasteiger partial charge in [-0.1, -0.05) is 30.3 Å². The Labute approximate surface area is 129 Å². The van der Waals surface area contributed by atoms with E-state index in [1.165, 1.54) is 6.08 Å². The molecule has 0 bridgehead atoms. The number of hydrogen-bond acceptors (Lipinski definition) is 4. The van der Waals surface area contributed by atoms with Crippen LogP contribution < -0.4 is 10.6 Å². The number of rotatable bonds is 3. The third kappa shape index (κ3) is 5.28. The van der Waals surface area contributed by atoms with Gasteiger partial charge in [0.25, 0.3) is 0 Å². The fourth-order valence-corrected chi connectivity index (χ4v) is 3.96. The molecule has 1 saturated heterocycles. The van der Waals surface area contributed by atoms with E-state index in [1.807, 2.05) is 30.3 Å². The van der Waals surface area contributed by atoms with Gasteiger partial charge < -0.3 is 5.32 Å². The van der Waals surface area contributed by atoms with Crippen LogP contribution in [0.5, 0.6) is 0 Å². The summed E-state index contributed by atoms with van der Waals surface area (Å²) in [5, 5.41) is 5.51. The van der Waals surface area contributed by atoms with Crippen molar-refractivity contribution in [1.82, 2.24) is 10.6 Å². The van der Waals surface area contributed by atoms with E-state index < -0.39 is 9.84 Å². The summed E-state index contributed by atoms with van der Waals surface area (Å²) >= 11 is 5.00. The lowest BCUT2D eigenvalue weighted by Gasteiger charge is -2.12. The highest BCUT2D eigenvalue weighted by Crippen LogP contribution is 2.10. The second kappa shape index (κ2) is 6.82. The van der Waals surface area contributed by atoms with Crippen molar-refractivity contribution >= 4 is 39.2 Å². The number of carbonyl (C=O) groups excluding carboxylic acids is 1. The number of thiocarbonyl (C=S) groups is 1. The van der Waals surface area contributed by atoms with E-state index in [9.17, 15) is 13.2 Å². The van der Waals surface area contributed by atoms with Crippen LogP contribution in [0.3, 0.4) is 0 Å². The van der Waals surface area contributed by atoms with Crippen molar-refractivity contribution in [3.05, 3.63) is 42.0 Å². The Morgan fingerprint density at radius 3 is 2.62 bits per heavy atom. The predicted molar refractivity (Wildman–Crippen MR) is 86.4 cm³/mol. The Hall–Kier alpha value is -1.73. The van der Waals surface area contributed by atoms with Gasteiger partial charge >= 0.3 is 0 Å². The molecule has 21 heavy (non-hydrogen) atoms. The van der Waals surface area contributed by atoms with E-state index in [4.69, 9.17) is 12.2 Å². The summed E-state index contributed by atoms with van der Waals surface area (Å²) in [5.74, 6) is -0.130. The van der Waals surface area contributed by atoms with Gasteiger partial charge in [0.05, 0.1) is 11.5 Å². The highest BCUT2D eigenvalue weighted by molar-refractivity contribution is 7.91. The Morgan fingerprint density at radius 2 is 2.00 bits per heavy atom. The lowest BCUT2D eigenvalue weighted by molar-refractivity contribution is -0.115. The monoisotopic (exact) mass is 324 g/mol. The maximum absolute atomic E-state index is 11.7. The third-order valence-corrected chi connectivity index (χ3v) is 5.02. The zero-order chi connectivity index (χ0) is 15.3. The first-order chi connectivity index (χ1) is 9.94. The van der Waals surface area contributed by atoms with Gasteiger partial charge in [-0.2, -0.15) is 0 Å². The number of nitrogens with one attached hydrogen (secondary N) is 2. The molecule has 1 aromatic carbocycles. The van der Waals surface area contributed by atoms with Crippen molar-refractivity contribution in [2.45, 2.75) is 12.5 Å². The summed E-state index contributed by atoms with van der Waals surface area (Å²) in [7, 11) is -2.96. The minimum Gasteiger partial charge on any atom is -0.359 e. The first-order valence-corrected chi connectivity index (χ1v) is 8.73. The summed E-state index contributed by atoms with van der Waals surface area (Å²) < 4.78 is 22.6. The van der Waals surface area contributed by atoms with Crippen molar-refractivity contribution in [3.63, 3.8) is 0 Å². The van der Waals surface area contributed by atoms with Crippen LogP contribution >= 0.6 is 12.2 Å². The van der Waals surface area contributed by atoms with Crippen LogP contribution in [0, 0.1) is 0 Å². The van der Waals surface area contributed by atoms with Crippen LogP contribution in [0.15, 0.2) is 36.4 Å². The van der Waals surface area contributed by atoms with Crippen molar-refractivity contribution in [3.8, 4) is 0 Å². The van der Waals surface area contributed by atoms with E-state index in [-0.39, 0.29) is 28.6 Å². The third-order valence-electron chi connectivity index (χ3n) is 3.03. The number of carbonyl (C=O) groups is 1. The van der Waals surface area contributed by atoms with E-state index in [0.29, 0.717) is 6.42 Å². The smallest absolute Gasteiger partial charge is 0.250 e.